The molecule has 4 heterocycles. The Kier molecular flexibility index (Phi) is 4.83. The molecule has 0 saturated carbocycles. The molecule has 0 radical (unpaired) electrons. The molecule has 0 atom stereocenters. The van der Waals surface area contributed by atoms with E-state index in [-0.39, 0.29) is 6.03 Å². The highest BCUT2D eigenvalue weighted by atomic mass is 16.2. The van der Waals surface area contributed by atoms with E-state index < -0.39 is 5.54 Å². The van der Waals surface area contributed by atoms with Crippen molar-refractivity contribution in [2.75, 3.05) is 11.9 Å². The lowest BCUT2D eigenvalue weighted by molar-refractivity contribution is 0.213. The topological polar surface area (TPSA) is 101 Å². The van der Waals surface area contributed by atoms with Crippen LogP contribution >= 0.6 is 0 Å². The van der Waals surface area contributed by atoms with E-state index in [9.17, 15) is 4.79 Å². The van der Waals surface area contributed by atoms with Crippen LogP contribution in [0, 0.1) is 6.92 Å². The number of carbonyl (C=O) groups is 1. The number of hydrogen-bond acceptors (Lipinski definition) is 6. The van der Waals surface area contributed by atoms with Crippen LogP contribution in [0.4, 0.5) is 16.2 Å². The Morgan fingerprint density at radius 3 is 2.33 bits per heavy atom. The van der Waals surface area contributed by atoms with Crippen LogP contribution in [-0.4, -0.2) is 37.9 Å². The van der Waals surface area contributed by atoms with Crippen molar-refractivity contribution < 1.29 is 4.79 Å². The molecule has 33 heavy (non-hydrogen) atoms. The Hall–Kier alpha value is -3.91. The van der Waals surface area contributed by atoms with Crippen molar-refractivity contribution in [2.24, 2.45) is 5.73 Å². The minimum atomic E-state index is -0.470. The number of hydrogen-bond donors (Lipinski definition) is 1. The maximum absolute atomic E-state index is 13.4. The molecule has 1 aliphatic heterocycles. The minimum absolute atomic E-state index is 0.124. The summed E-state index contributed by atoms with van der Waals surface area (Å²) in [7, 11) is 1.79. The van der Waals surface area contributed by atoms with Gasteiger partial charge in [-0.2, -0.15) is 0 Å². The summed E-state index contributed by atoms with van der Waals surface area (Å²) in [5, 5.41) is 0. The molecular weight excluding hydrogens is 414 g/mol. The number of urea groups is 1. The number of amides is 2. The van der Waals surface area contributed by atoms with Gasteiger partial charge < -0.3 is 10.6 Å². The molecule has 0 spiro atoms. The second-order valence-corrected chi connectivity index (χ2v) is 8.96. The lowest BCUT2D eigenvalue weighted by Gasteiger charge is -2.35. The molecule has 1 aromatic carbocycles. The maximum Gasteiger partial charge on any atom is 0.329 e. The number of aromatic nitrogens is 4. The van der Waals surface area contributed by atoms with Crippen LogP contribution in [0.2, 0.25) is 0 Å². The quantitative estimate of drug-likeness (QED) is 0.511. The number of nitrogens with two attached hydrogens (primary N) is 1. The van der Waals surface area contributed by atoms with Crippen LogP contribution in [0.3, 0.4) is 0 Å². The van der Waals surface area contributed by atoms with Gasteiger partial charge in [-0.3, -0.25) is 9.88 Å². The number of aryl methyl sites for hydroxylation is 1. The predicted molar refractivity (Wildman–Crippen MR) is 128 cm³/mol. The van der Waals surface area contributed by atoms with Gasteiger partial charge in [0.15, 0.2) is 0 Å². The van der Waals surface area contributed by atoms with Gasteiger partial charge in [-0.15, -0.1) is 0 Å². The fourth-order valence-electron chi connectivity index (χ4n) is 4.01. The standard InChI is InChI=1S/C25H25N7O/c1-15-27-11-16(12-28-15)20-9-10-21-22(30-20)23-17(13-29-21)14-31(4)24(33)32(23)19-7-5-18(6-8-19)25(2,3)26/h5-13H,14,26H2,1-4H3. The first kappa shape index (κ1) is 21.0. The van der Waals surface area contributed by atoms with E-state index in [1.165, 1.54) is 0 Å². The highest BCUT2D eigenvalue weighted by Crippen LogP contribution is 2.39. The van der Waals surface area contributed by atoms with Crippen LogP contribution in [0.25, 0.3) is 22.3 Å². The molecule has 166 valence electrons. The van der Waals surface area contributed by atoms with Crippen LogP contribution in [0.5, 0.6) is 0 Å². The molecule has 8 nitrogen and oxygen atoms in total. The maximum atomic E-state index is 13.4. The van der Waals surface area contributed by atoms with Crippen molar-refractivity contribution in [2.45, 2.75) is 32.9 Å². The minimum Gasteiger partial charge on any atom is -0.323 e. The van der Waals surface area contributed by atoms with Gasteiger partial charge in [0.25, 0.3) is 0 Å². The number of anilines is 2. The normalized spacial score (nSPS) is 14.0. The molecule has 0 bridgehead atoms. The van der Waals surface area contributed by atoms with E-state index >= 15 is 0 Å². The summed E-state index contributed by atoms with van der Waals surface area (Å²) < 4.78 is 0. The summed E-state index contributed by atoms with van der Waals surface area (Å²) >= 11 is 0. The van der Waals surface area contributed by atoms with Gasteiger partial charge >= 0.3 is 6.03 Å². The van der Waals surface area contributed by atoms with Gasteiger partial charge in [-0.25, -0.2) is 19.7 Å². The highest BCUT2D eigenvalue weighted by molar-refractivity contribution is 6.08. The van der Waals surface area contributed by atoms with Crippen LogP contribution in [-0.2, 0) is 12.1 Å². The number of nitrogens with zero attached hydrogens (tertiary/aromatic N) is 6. The zero-order valence-corrected chi connectivity index (χ0v) is 19.1. The Morgan fingerprint density at radius 1 is 0.970 bits per heavy atom. The van der Waals surface area contributed by atoms with Crippen LogP contribution < -0.4 is 10.6 Å². The van der Waals surface area contributed by atoms with E-state index in [0.29, 0.717) is 23.4 Å². The van der Waals surface area contributed by atoms with Gasteiger partial charge in [-0.1, -0.05) is 12.1 Å². The SMILES string of the molecule is Cc1ncc(-c2ccc3ncc4c(c3n2)N(c2ccc(C(C)(C)N)cc2)C(=O)N(C)C4)cn1. The molecule has 0 aliphatic carbocycles. The zero-order valence-electron chi connectivity index (χ0n) is 19.1. The number of pyridine rings is 2. The number of rotatable bonds is 3. The molecule has 1 aliphatic rings. The van der Waals surface area contributed by atoms with Crippen molar-refractivity contribution in [3.63, 3.8) is 0 Å². The summed E-state index contributed by atoms with van der Waals surface area (Å²) in [5.41, 5.74) is 12.1. The van der Waals surface area contributed by atoms with E-state index in [0.717, 1.165) is 33.8 Å². The Bertz CT molecular complexity index is 1360. The largest absolute Gasteiger partial charge is 0.329 e. The summed E-state index contributed by atoms with van der Waals surface area (Å²) in [6, 6.07) is 11.5. The monoisotopic (exact) mass is 439 g/mol. The molecular formula is C25H25N7O. The molecule has 5 rings (SSSR count). The Balaban J connectivity index is 1.70. The Morgan fingerprint density at radius 2 is 1.67 bits per heavy atom. The predicted octanol–water partition coefficient (Wildman–Crippen LogP) is 4.29. The van der Waals surface area contributed by atoms with Crippen molar-refractivity contribution in [3.05, 3.63) is 71.9 Å². The van der Waals surface area contributed by atoms with Gasteiger partial charge in [0.05, 0.1) is 29.1 Å². The van der Waals surface area contributed by atoms with Gasteiger partial charge in [-0.05, 0) is 50.6 Å². The summed E-state index contributed by atoms with van der Waals surface area (Å²) in [6.07, 6.45) is 5.33. The second kappa shape index (κ2) is 7.60. The second-order valence-electron chi connectivity index (χ2n) is 8.96. The zero-order chi connectivity index (χ0) is 23.3. The third-order valence-electron chi connectivity index (χ3n) is 5.86. The molecule has 2 amide bonds. The average molecular weight is 440 g/mol. The lowest BCUT2D eigenvalue weighted by atomic mass is 9.95. The van der Waals surface area contributed by atoms with E-state index in [1.807, 2.05) is 63.4 Å². The van der Waals surface area contributed by atoms with Crippen molar-refractivity contribution in [1.29, 1.82) is 0 Å². The molecule has 0 saturated heterocycles. The van der Waals surface area contributed by atoms with Crippen molar-refractivity contribution >= 4 is 28.4 Å². The number of fused-ring (bicyclic) bond motifs is 3. The highest BCUT2D eigenvalue weighted by Gasteiger charge is 2.32. The number of carbonyl (C=O) groups excluding carboxylic acids is 1. The Labute approximate surface area is 192 Å². The van der Waals surface area contributed by atoms with Gasteiger partial charge in [0, 0.05) is 42.3 Å². The smallest absolute Gasteiger partial charge is 0.323 e. The third-order valence-corrected chi connectivity index (χ3v) is 5.86. The average Bonchev–Trinajstić information content (AvgIpc) is 2.79. The van der Waals surface area contributed by atoms with Gasteiger partial charge in [0.1, 0.15) is 11.3 Å². The van der Waals surface area contributed by atoms with E-state index in [1.54, 1.807) is 29.2 Å². The number of benzene rings is 1. The summed E-state index contributed by atoms with van der Waals surface area (Å²) in [6.45, 7) is 6.21. The first-order valence-electron chi connectivity index (χ1n) is 10.7. The molecule has 4 aromatic rings. The van der Waals surface area contributed by atoms with Crippen LogP contribution in [0.1, 0.15) is 30.8 Å². The molecule has 2 N–H and O–H groups in total. The molecule has 3 aromatic heterocycles. The van der Waals surface area contributed by atoms with Gasteiger partial charge in [0.2, 0.25) is 0 Å². The van der Waals surface area contributed by atoms with Crippen molar-refractivity contribution in [3.8, 4) is 11.3 Å². The molecule has 8 heteroatoms. The van der Waals surface area contributed by atoms with E-state index in [4.69, 9.17) is 10.7 Å². The van der Waals surface area contributed by atoms with E-state index in [2.05, 4.69) is 15.0 Å². The third kappa shape index (κ3) is 3.68. The molecule has 0 unspecified atom stereocenters. The fourth-order valence-corrected chi connectivity index (χ4v) is 4.01. The first-order valence-corrected chi connectivity index (χ1v) is 10.7. The molecule has 0 fully saturated rings. The first-order chi connectivity index (χ1) is 15.7. The van der Waals surface area contributed by atoms with Crippen molar-refractivity contribution in [1.82, 2.24) is 24.8 Å². The summed E-state index contributed by atoms with van der Waals surface area (Å²) in [5.74, 6) is 0.697. The fraction of sp³-hybridized carbons (Fsp3) is 0.240. The lowest BCUT2D eigenvalue weighted by Crippen LogP contribution is -2.42. The summed E-state index contributed by atoms with van der Waals surface area (Å²) in [4.78, 5) is 34.8. The van der Waals surface area contributed by atoms with Crippen LogP contribution in [0.15, 0.2) is 55.0 Å².